The van der Waals surface area contributed by atoms with Crippen molar-refractivity contribution in [3.05, 3.63) is 187 Å². The van der Waals surface area contributed by atoms with Crippen LogP contribution in [0.2, 0.25) is 0 Å². The summed E-state index contributed by atoms with van der Waals surface area (Å²) in [7, 11) is 0. The van der Waals surface area contributed by atoms with Crippen molar-refractivity contribution in [2.75, 3.05) is 0 Å². The number of fused-ring (bicyclic) bond motifs is 9. The molecule has 4 heterocycles. The van der Waals surface area contributed by atoms with E-state index in [-0.39, 0.29) is 0 Å². The van der Waals surface area contributed by atoms with Crippen molar-refractivity contribution in [1.82, 2.24) is 13.7 Å². The highest BCUT2D eigenvalue weighted by Crippen LogP contribution is 2.42. The number of nitrogens with zero attached hydrogens (tertiary/aromatic N) is 3. The van der Waals surface area contributed by atoms with Gasteiger partial charge in [-0.2, -0.15) is 0 Å². The molecule has 0 fully saturated rings. The molecule has 0 spiro atoms. The van der Waals surface area contributed by atoms with Crippen LogP contribution in [0.4, 0.5) is 0 Å². The molecule has 3 nitrogen and oxygen atoms in total. The molecular formula is C52H35N3S. The molecule has 4 aromatic heterocycles. The van der Waals surface area contributed by atoms with Gasteiger partial charge in [-0.25, -0.2) is 0 Å². The van der Waals surface area contributed by atoms with E-state index in [1.807, 2.05) is 11.3 Å². The summed E-state index contributed by atoms with van der Waals surface area (Å²) in [5.41, 5.74) is 14.7. The van der Waals surface area contributed by atoms with Crippen molar-refractivity contribution in [3.63, 3.8) is 0 Å². The predicted octanol–water partition coefficient (Wildman–Crippen LogP) is 14.6. The van der Waals surface area contributed by atoms with Crippen molar-refractivity contribution >= 4 is 81.8 Å². The molecule has 0 saturated carbocycles. The van der Waals surface area contributed by atoms with Crippen LogP contribution in [0.1, 0.15) is 12.8 Å². The fraction of sp³-hybridized carbons (Fsp3) is 0.0385. The zero-order valence-electron chi connectivity index (χ0n) is 30.6. The Kier molecular flexibility index (Phi) is 6.92. The average molecular weight is 734 g/mol. The molecule has 56 heavy (non-hydrogen) atoms. The number of hydrogen-bond acceptors (Lipinski definition) is 1. The standard InChI is InChI=1S/C52H35N3S/c1-3-13-38(14-4-1)53-47-20-10-8-18-42(47)45-32-34(23-25-50(45)53)36-29-37(31-40(30-36)55-49-22-12-7-17-41(49)44-27-28-56-52(44)55)35-24-26-51-46(33-35)43-19-9-11-21-48(43)54(51)39-15-5-2-6-16-39/h1-5,7-15,17-33H,6,16H2. The van der Waals surface area contributed by atoms with E-state index in [1.165, 1.54) is 104 Å². The van der Waals surface area contributed by atoms with Gasteiger partial charge in [0.1, 0.15) is 4.83 Å². The molecule has 0 saturated heterocycles. The summed E-state index contributed by atoms with van der Waals surface area (Å²) in [5.74, 6) is 0. The number of benzene rings is 7. The molecule has 11 aromatic rings. The van der Waals surface area contributed by atoms with Gasteiger partial charge in [0.25, 0.3) is 0 Å². The van der Waals surface area contributed by atoms with Crippen molar-refractivity contribution in [2.24, 2.45) is 0 Å². The topological polar surface area (TPSA) is 14.8 Å². The van der Waals surface area contributed by atoms with E-state index in [2.05, 4.69) is 201 Å². The summed E-state index contributed by atoms with van der Waals surface area (Å²) >= 11 is 1.81. The van der Waals surface area contributed by atoms with Gasteiger partial charge in [-0.05, 0) is 125 Å². The van der Waals surface area contributed by atoms with Gasteiger partial charge >= 0.3 is 0 Å². The Morgan fingerprint density at radius 2 is 0.946 bits per heavy atom. The first kappa shape index (κ1) is 31.5. The van der Waals surface area contributed by atoms with Crippen LogP contribution in [0.5, 0.6) is 0 Å². The number of rotatable bonds is 5. The van der Waals surface area contributed by atoms with Crippen LogP contribution in [0, 0.1) is 0 Å². The molecule has 0 aliphatic heterocycles. The van der Waals surface area contributed by atoms with Crippen molar-refractivity contribution < 1.29 is 0 Å². The number of thiophene rings is 1. The van der Waals surface area contributed by atoms with E-state index in [1.54, 1.807) is 0 Å². The van der Waals surface area contributed by atoms with Gasteiger partial charge in [0.2, 0.25) is 0 Å². The lowest BCUT2D eigenvalue weighted by atomic mass is 9.96. The smallest absolute Gasteiger partial charge is 0.108 e. The number of hydrogen-bond donors (Lipinski definition) is 0. The second-order valence-corrected chi connectivity index (χ2v) is 15.8. The van der Waals surface area contributed by atoms with E-state index in [0.717, 1.165) is 12.8 Å². The summed E-state index contributed by atoms with van der Waals surface area (Å²) in [5, 5.41) is 9.88. The Bertz CT molecular complexity index is 3420. The molecule has 7 aromatic carbocycles. The van der Waals surface area contributed by atoms with Gasteiger partial charge in [0, 0.05) is 49.4 Å². The van der Waals surface area contributed by atoms with Crippen LogP contribution in [0.3, 0.4) is 0 Å². The van der Waals surface area contributed by atoms with E-state index in [0.29, 0.717) is 0 Å². The van der Waals surface area contributed by atoms with Gasteiger partial charge in [-0.15, -0.1) is 11.3 Å². The Hall–Kier alpha value is -6.88. The summed E-state index contributed by atoms with van der Waals surface area (Å²) in [6.07, 6.45) is 8.84. The molecule has 264 valence electrons. The van der Waals surface area contributed by atoms with Gasteiger partial charge in [-0.1, -0.05) is 97.1 Å². The molecule has 12 rings (SSSR count). The molecular weight excluding hydrogens is 699 g/mol. The number of allylic oxidation sites excluding steroid dienone is 4. The molecule has 1 aliphatic rings. The highest BCUT2D eigenvalue weighted by atomic mass is 32.1. The largest absolute Gasteiger partial charge is 0.313 e. The molecule has 0 amide bonds. The maximum atomic E-state index is 2.47. The van der Waals surface area contributed by atoms with Gasteiger partial charge in [0.05, 0.1) is 27.6 Å². The Morgan fingerprint density at radius 1 is 0.393 bits per heavy atom. The summed E-state index contributed by atoms with van der Waals surface area (Å²) in [4.78, 5) is 1.27. The van der Waals surface area contributed by atoms with Crippen LogP contribution in [-0.4, -0.2) is 13.7 Å². The van der Waals surface area contributed by atoms with Crippen molar-refractivity contribution in [2.45, 2.75) is 12.8 Å². The number of para-hydroxylation sites is 4. The van der Waals surface area contributed by atoms with Crippen LogP contribution in [-0.2, 0) is 0 Å². The van der Waals surface area contributed by atoms with Crippen LogP contribution >= 0.6 is 11.3 Å². The predicted molar refractivity (Wildman–Crippen MR) is 240 cm³/mol. The van der Waals surface area contributed by atoms with Crippen LogP contribution < -0.4 is 0 Å². The Labute approximate surface area is 327 Å². The molecule has 4 heteroatoms. The average Bonchev–Trinajstić information content (AvgIpc) is 4.03. The second kappa shape index (κ2) is 12.3. The summed E-state index contributed by atoms with van der Waals surface area (Å²) in [6, 6.07) is 60.7. The minimum absolute atomic E-state index is 1.04. The zero-order chi connectivity index (χ0) is 36.7. The van der Waals surface area contributed by atoms with E-state index >= 15 is 0 Å². The fourth-order valence-electron chi connectivity index (χ4n) is 9.26. The third-order valence-electron chi connectivity index (χ3n) is 11.8. The van der Waals surface area contributed by atoms with E-state index < -0.39 is 0 Å². The number of aromatic nitrogens is 3. The van der Waals surface area contributed by atoms with Crippen LogP contribution in [0.25, 0.3) is 104 Å². The van der Waals surface area contributed by atoms with Crippen molar-refractivity contribution in [1.29, 1.82) is 0 Å². The highest BCUT2D eigenvalue weighted by Gasteiger charge is 2.19. The lowest BCUT2D eigenvalue weighted by Crippen LogP contribution is -1.98. The summed E-state index contributed by atoms with van der Waals surface area (Å²) in [6.45, 7) is 0. The Balaban J connectivity index is 1.11. The quantitative estimate of drug-likeness (QED) is 0.167. The van der Waals surface area contributed by atoms with Gasteiger partial charge in [0.15, 0.2) is 0 Å². The first-order valence-electron chi connectivity index (χ1n) is 19.4. The van der Waals surface area contributed by atoms with Gasteiger partial charge in [-0.3, -0.25) is 0 Å². The monoisotopic (exact) mass is 733 g/mol. The maximum absolute atomic E-state index is 2.47. The maximum Gasteiger partial charge on any atom is 0.108 e. The van der Waals surface area contributed by atoms with Gasteiger partial charge < -0.3 is 13.7 Å². The van der Waals surface area contributed by atoms with E-state index in [4.69, 9.17) is 0 Å². The molecule has 0 bridgehead atoms. The lowest BCUT2D eigenvalue weighted by molar-refractivity contribution is 0.979. The zero-order valence-corrected chi connectivity index (χ0v) is 31.4. The lowest BCUT2D eigenvalue weighted by Gasteiger charge is -2.15. The first-order chi connectivity index (χ1) is 27.8. The second-order valence-electron chi connectivity index (χ2n) is 14.9. The minimum atomic E-state index is 1.04. The minimum Gasteiger partial charge on any atom is -0.313 e. The fourth-order valence-corrected chi connectivity index (χ4v) is 10.2. The third-order valence-corrected chi connectivity index (χ3v) is 12.7. The molecule has 0 radical (unpaired) electrons. The summed E-state index contributed by atoms with van der Waals surface area (Å²) < 4.78 is 7.33. The third kappa shape index (κ3) is 4.69. The molecule has 1 aliphatic carbocycles. The first-order valence-corrected chi connectivity index (χ1v) is 20.3. The normalized spacial score (nSPS) is 13.2. The molecule has 0 atom stereocenters. The highest BCUT2D eigenvalue weighted by molar-refractivity contribution is 7.17. The van der Waals surface area contributed by atoms with Crippen LogP contribution in [0.15, 0.2) is 187 Å². The molecule has 0 unspecified atom stereocenters. The molecule has 0 N–H and O–H groups in total. The van der Waals surface area contributed by atoms with E-state index in [9.17, 15) is 0 Å². The van der Waals surface area contributed by atoms with Crippen molar-refractivity contribution in [3.8, 4) is 33.6 Å². The Morgan fingerprint density at radius 3 is 1.59 bits per heavy atom. The SMILES string of the molecule is C1=CCCC(n2c3ccccc3c3cc(-c4cc(-c5ccc6c(c5)c5ccccc5n6-c5ccccc5)cc(-n5c6ccccc6c6ccsc65)c4)ccc32)=C1.